The number of nitrogens with zero attached hydrogens (tertiary/aromatic N) is 1. The molecule has 2 rings (SSSR count). The molecule has 1 unspecified atom stereocenters. The molecule has 3 heteroatoms. The average Bonchev–Trinajstić information content (AvgIpc) is 2.33. The van der Waals surface area contributed by atoms with Crippen LogP contribution in [0.3, 0.4) is 0 Å². The van der Waals surface area contributed by atoms with E-state index in [4.69, 9.17) is 0 Å². The van der Waals surface area contributed by atoms with Gasteiger partial charge in [0.15, 0.2) is 0 Å². The van der Waals surface area contributed by atoms with E-state index < -0.39 is 6.10 Å². The lowest BCUT2D eigenvalue weighted by atomic mass is 10.0. The normalized spacial score (nSPS) is 12.4. The maximum Gasteiger partial charge on any atom is 0.0845 e. The zero-order valence-electron chi connectivity index (χ0n) is 8.68. The van der Waals surface area contributed by atoms with Crippen molar-refractivity contribution in [3.63, 3.8) is 0 Å². The van der Waals surface area contributed by atoms with Crippen molar-refractivity contribution in [1.29, 1.82) is 0 Å². The summed E-state index contributed by atoms with van der Waals surface area (Å²) in [6.07, 6.45) is 1.75. The number of hydrogen-bond donors (Lipinski definition) is 1. The predicted octanol–water partition coefficient (Wildman–Crippen LogP) is 3.12. The van der Waals surface area contributed by atoms with Crippen LogP contribution in [0.2, 0.25) is 0 Å². The van der Waals surface area contributed by atoms with Crippen LogP contribution < -0.4 is 0 Å². The van der Waals surface area contributed by atoms with Crippen LogP contribution >= 0.6 is 15.9 Å². The zero-order chi connectivity index (χ0) is 11.4. The Bertz CT molecular complexity index is 458. The standard InChI is InChI=1S/C13H12BrNO/c14-11-7-4-8-15-12(11)9-13(16)10-5-2-1-3-6-10/h1-8,13,16H,9H2. The first-order valence-corrected chi connectivity index (χ1v) is 5.89. The molecule has 1 aromatic heterocycles. The van der Waals surface area contributed by atoms with Gasteiger partial charge in [0.25, 0.3) is 0 Å². The summed E-state index contributed by atoms with van der Waals surface area (Å²) in [6.45, 7) is 0. The first-order chi connectivity index (χ1) is 7.77. The van der Waals surface area contributed by atoms with Gasteiger partial charge in [-0.3, -0.25) is 4.98 Å². The highest BCUT2D eigenvalue weighted by Crippen LogP contribution is 2.21. The van der Waals surface area contributed by atoms with Crippen molar-refractivity contribution < 1.29 is 5.11 Å². The fourth-order valence-electron chi connectivity index (χ4n) is 1.54. The van der Waals surface area contributed by atoms with Gasteiger partial charge < -0.3 is 5.11 Å². The minimum Gasteiger partial charge on any atom is -0.388 e. The minimum absolute atomic E-state index is 0.507. The topological polar surface area (TPSA) is 33.1 Å². The number of halogens is 1. The highest BCUT2D eigenvalue weighted by Gasteiger charge is 2.10. The Balaban J connectivity index is 2.14. The van der Waals surface area contributed by atoms with Crippen LogP contribution in [0.5, 0.6) is 0 Å². The summed E-state index contributed by atoms with van der Waals surface area (Å²) in [5.41, 5.74) is 1.79. The van der Waals surface area contributed by atoms with E-state index in [1.54, 1.807) is 6.20 Å². The number of rotatable bonds is 3. The Kier molecular flexibility index (Phi) is 3.70. The largest absolute Gasteiger partial charge is 0.388 e. The van der Waals surface area contributed by atoms with Crippen molar-refractivity contribution in [3.8, 4) is 0 Å². The lowest BCUT2D eigenvalue weighted by molar-refractivity contribution is 0.177. The second-order valence-electron chi connectivity index (χ2n) is 3.56. The molecule has 1 aromatic carbocycles. The Hall–Kier alpha value is -1.19. The van der Waals surface area contributed by atoms with Crippen LogP contribution in [0.4, 0.5) is 0 Å². The predicted molar refractivity (Wildman–Crippen MR) is 67.0 cm³/mol. The van der Waals surface area contributed by atoms with E-state index in [1.165, 1.54) is 0 Å². The number of hydrogen-bond acceptors (Lipinski definition) is 2. The molecule has 0 bridgehead atoms. The lowest BCUT2D eigenvalue weighted by Gasteiger charge is -2.11. The molecule has 0 radical (unpaired) electrons. The number of pyridine rings is 1. The molecule has 16 heavy (non-hydrogen) atoms. The molecule has 0 aliphatic carbocycles. The quantitative estimate of drug-likeness (QED) is 0.935. The first kappa shape index (κ1) is 11.3. The van der Waals surface area contributed by atoms with Crippen molar-refractivity contribution in [2.24, 2.45) is 0 Å². The molecule has 1 N–H and O–H groups in total. The Morgan fingerprint density at radius 3 is 2.56 bits per heavy atom. The van der Waals surface area contributed by atoms with Crippen LogP contribution in [0.15, 0.2) is 53.1 Å². The summed E-state index contributed by atoms with van der Waals surface area (Å²) < 4.78 is 0.935. The first-order valence-electron chi connectivity index (χ1n) is 5.10. The molecule has 0 amide bonds. The second-order valence-corrected chi connectivity index (χ2v) is 4.42. The van der Waals surface area contributed by atoms with Crippen LogP contribution in [-0.2, 0) is 6.42 Å². The molecule has 0 fully saturated rings. The van der Waals surface area contributed by atoms with Gasteiger partial charge in [-0.05, 0) is 33.6 Å². The third-order valence-electron chi connectivity index (χ3n) is 2.41. The molecule has 0 saturated carbocycles. The fraction of sp³-hybridized carbons (Fsp3) is 0.154. The van der Waals surface area contributed by atoms with Crippen molar-refractivity contribution in [2.75, 3.05) is 0 Å². The molecular formula is C13H12BrNO. The third kappa shape index (κ3) is 2.68. The van der Waals surface area contributed by atoms with E-state index in [1.807, 2.05) is 42.5 Å². The number of aromatic nitrogens is 1. The van der Waals surface area contributed by atoms with Crippen molar-refractivity contribution in [1.82, 2.24) is 4.98 Å². The number of benzene rings is 1. The van der Waals surface area contributed by atoms with Gasteiger partial charge in [0, 0.05) is 17.1 Å². The molecule has 0 spiro atoms. The Morgan fingerprint density at radius 2 is 1.88 bits per heavy atom. The summed E-state index contributed by atoms with van der Waals surface area (Å²) in [5, 5.41) is 10.0. The fourth-order valence-corrected chi connectivity index (χ4v) is 1.96. The Morgan fingerprint density at radius 1 is 1.12 bits per heavy atom. The third-order valence-corrected chi connectivity index (χ3v) is 3.13. The van der Waals surface area contributed by atoms with Crippen molar-refractivity contribution >= 4 is 15.9 Å². The molecule has 2 nitrogen and oxygen atoms in total. The van der Waals surface area contributed by atoms with Crippen LogP contribution in [0, 0.1) is 0 Å². The molecular weight excluding hydrogens is 266 g/mol. The van der Waals surface area contributed by atoms with Crippen LogP contribution in [-0.4, -0.2) is 10.1 Å². The smallest absolute Gasteiger partial charge is 0.0845 e. The van der Waals surface area contributed by atoms with Crippen molar-refractivity contribution in [3.05, 3.63) is 64.4 Å². The van der Waals surface area contributed by atoms with Gasteiger partial charge in [-0.2, -0.15) is 0 Å². The molecule has 2 aromatic rings. The second kappa shape index (κ2) is 5.23. The number of aliphatic hydroxyl groups excluding tert-OH is 1. The van der Waals surface area contributed by atoms with Gasteiger partial charge >= 0.3 is 0 Å². The SMILES string of the molecule is OC(Cc1ncccc1Br)c1ccccc1. The molecule has 1 heterocycles. The maximum absolute atomic E-state index is 10.0. The number of aliphatic hydroxyl groups is 1. The Labute approximate surface area is 103 Å². The molecule has 1 atom stereocenters. The lowest BCUT2D eigenvalue weighted by Crippen LogP contribution is -2.03. The monoisotopic (exact) mass is 277 g/mol. The van der Waals surface area contributed by atoms with E-state index in [9.17, 15) is 5.11 Å². The van der Waals surface area contributed by atoms with E-state index in [0.717, 1.165) is 15.7 Å². The van der Waals surface area contributed by atoms with Gasteiger partial charge in [0.05, 0.1) is 11.8 Å². The van der Waals surface area contributed by atoms with E-state index in [-0.39, 0.29) is 0 Å². The van der Waals surface area contributed by atoms with Gasteiger partial charge in [0.1, 0.15) is 0 Å². The highest BCUT2D eigenvalue weighted by molar-refractivity contribution is 9.10. The molecule has 82 valence electrons. The van der Waals surface area contributed by atoms with Gasteiger partial charge in [-0.25, -0.2) is 0 Å². The van der Waals surface area contributed by atoms with E-state index in [2.05, 4.69) is 20.9 Å². The molecule has 0 saturated heterocycles. The van der Waals surface area contributed by atoms with Gasteiger partial charge in [-0.15, -0.1) is 0 Å². The summed E-state index contributed by atoms with van der Waals surface area (Å²) in [5.74, 6) is 0. The maximum atomic E-state index is 10.0. The summed E-state index contributed by atoms with van der Waals surface area (Å²) in [6, 6.07) is 13.4. The highest BCUT2D eigenvalue weighted by atomic mass is 79.9. The van der Waals surface area contributed by atoms with E-state index >= 15 is 0 Å². The summed E-state index contributed by atoms with van der Waals surface area (Å²) in [4.78, 5) is 4.24. The van der Waals surface area contributed by atoms with Crippen molar-refractivity contribution in [2.45, 2.75) is 12.5 Å². The van der Waals surface area contributed by atoms with E-state index in [0.29, 0.717) is 6.42 Å². The molecule has 0 aliphatic rings. The van der Waals surface area contributed by atoms with Gasteiger partial charge in [0.2, 0.25) is 0 Å². The minimum atomic E-state index is -0.507. The van der Waals surface area contributed by atoms with Crippen LogP contribution in [0.25, 0.3) is 0 Å². The summed E-state index contributed by atoms with van der Waals surface area (Å²) in [7, 11) is 0. The van der Waals surface area contributed by atoms with Crippen LogP contribution in [0.1, 0.15) is 17.4 Å². The van der Waals surface area contributed by atoms with Gasteiger partial charge in [-0.1, -0.05) is 30.3 Å². The molecule has 0 aliphatic heterocycles. The summed E-state index contributed by atoms with van der Waals surface area (Å²) >= 11 is 3.42. The average molecular weight is 278 g/mol. The zero-order valence-corrected chi connectivity index (χ0v) is 10.3.